The van der Waals surface area contributed by atoms with E-state index in [1.165, 1.54) is 6.20 Å². The minimum Gasteiger partial charge on any atom is -0.506 e. The first-order valence-electron chi connectivity index (χ1n) is 6.60. The van der Waals surface area contributed by atoms with Crippen molar-refractivity contribution >= 4 is 17.6 Å². The number of hydrogen-bond acceptors (Lipinski definition) is 5. The molecule has 4 N–H and O–H groups in total. The Balaban J connectivity index is 2.60. The van der Waals surface area contributed by atoms with Crippen molar-refractivity contribution in [2.45, 2.75) is 19.8 Å². The highest BCUT2D eigenvalue weighted by Gasteiger charge is 2.09. The van der Waals surface area contributed by atoms with Gasteiger partial charge in [-0.3, -0.25) is 9.59 Å². The van der Waals surface area contributed by atoms with Crippen molar-refractivity contribution < 1.29 is 19.8 Å². The van der Waals surface area contributed by atoms with Crippen LogP contribution in [0.3, 0.4) is 0 Å². The van der Waals surface area contributed by atoms with Crippen molar-refractivity contribution in [3.05, 3.63) is 35.5 Å². The predicted octanol–water partition coefficient (Wildman–Crippen LogP) is 1.50. The number of anilines is 1. The Morgan fingerprint density at radius 2 is 2.14 bits per heavy atom. The van der Waals surface area contributed by atoms with Gasteiger partial charge in [0.2, 0.25) is 0 Å². The Morgan fingerprint density at radius 1 is 1.41 bits per heavy atom. The van der Waals surface area contributed by atoms with E-state index in [2.05, 4.69) is 10.6 Å². The van der Waals surface area contributed by atoms with Crippen molar-refractivity contribution in [3.8, 4) is 11.8 Å². The molecule has 7 nitrogen and oxygen atoms in total. The van der Waals surface area contributed by atoms with Crippen LogP contribution in [0.4, 0.5) is 5.69 Å². The molecule has 0 spiro atoms. The second-order valence-corrected chi connectivity index (χ2v) is 4.59. The number of nitrogens with zero attached hydrogens (tertiary/aromatic N) is 1. The summed E-state index contributed by atoms with van der Waals surface area (Å²) in [6.07, 6.45) is 1.42. The summed E-state index contributed by atoms with van der Waals surface area (Å²) in [5.74, 6) is -1.54. The SMILES string of the molecule is Cc1ccc(N/C=C(/C#N)C(=O)NCCCC(=O)O)c(O)c1. The normalized spacial score (nSPS) is 10.6. The zero-order valence-electron chi connectivity index (χ0n) is 12.1. The highest BCUT2D eigenvalue weighted by Crippen LogP contribution is 2.23. The molecule has 0 radical (unpaired) electrons. The predicted molar refractivity (Wildman–Crippen MR) is 80.0 cm³/mol. The minimum absolute atomic E-state index is 0.00964. The number of aliphatic carboxylic acids is 1. The standard InChI is InChI=1S/C15H17N3O4/c1-10-4-5-12(13(19)7-10)18-9-11(8-16)15(22)17-6-2-3-14(20)21/h4-5,7,9,18-19H,2-3,6H2,1H3,(H,17,22)(H,20,21)/b11-9-. The van der Waals surface area contributed by atoms with Crippen LogP contribution >= 0.6 is 0 Å². The topological polar surface area (TPSA) is 122 Å². The summed E-state index contributed by atoms with van der Waals surface area (Å²) in [6.45, 7) is 1.99. The number of phenols is 1. The summed E-state index contributed by atoms with van der Waals surface area (Å²) in [5, 5.41) is 32.3. The molecule has 0 saturated carbocycles. The summed E-state index contributed by atoms with van der Waals surface area (Å²) in [7, 11) is 0. The van der Waals surface area contributed by atoms with E-state index in [-0.39, 0.29) is 30.7 Å². The van der Waals surface area contributed by atoms with Gasteiger partial charge in [0.25, 0.3) is 5.91 Å². The molecule has 0 aliphatic rings. The number of phenolic OH excluding ortho intramolecular Hbond substituents is 1. The summed E-state index contributed by atoms with van der Waals surface area (Å²) < 4.78 is 0. The molecular weight excluding hydrogens is 286 g/mol. The van der Waals surface area contributed by atoms with E-state index < -0.39 is 11.9 Å². The fraction of sp³-hybridized carbons (Fsp3) is 0.267. The lowest BCUT2D eigenvalue weighted by Crippen LogP contribution is -2.26. The number of nitriles is 1. The van der Waals surface area contributed by atoms with Gasteiger partial charge in [-0.15, -0.1) is 0 Å². The highest BCUT2D eigenvalue weighted by molar-refractivity contribution is 5.97. The maximum Gasteiger partial charge on any atom is 0.303 e. The van der Waals surface area contributed by atoms with Crippen LogP contribution in [0.15, 0.2) is 30.0 Å². The maximum absolute atomic E-state index is 11.7. The number of nitrogens with one attached hydrogen (secondary N) is 2. The van der Waals surface area contributed by atoms with Gasteiger partial charge >= 0.3 is 5.97 Å². The third-order valence-electron chi connectivity index (χ3n) is 2.74. The lowest BCUT2D eigenvalue weighted by molar-refractivity contribution is -0.137. The smallest absolute Gasteiger partial charge is 0.303 e. The first-order chi connectivity index (χ1) is 10.4. The first-order valence-corrected chi connectivity index (χ1v) is 6.60. The molecule has 1 aromatic carbocycles. The minimum atomic E-state index is -0.943. The second-order valence-electron chi connectivity index (χ2n) is 4.59. The van der Waals surface area contributed by atoms with E-state index in [1.807, 2.05) is 6.92 Å². The van der Waals surface area contributed by atoms with Gasteiger partial charge in [0.15, 0.2) is 0 Å². The lowest BCUT2D eigenvalue weighted by Gasteiger charge is -2.06. The third kappa shape index (κ3) is 5.54. The Hall–Kier alpha value is -3.01. The number of benzene rings is 1. The number of carboxylic acid groups (broad SMARTS) is 1. The zero-order valence-corrected chi connectivity index (χ0v) is 12.1. The van der Waals surface area contributed by atoms with Crippen LogP contribution in [0.25, 0.3) is 0 Å². The number of amides is 1. The Kier molecular flexibility index (Phi) is 6.44. The van der Waals surface area contributed by atoms with E-state index in [0.29, 0.717) is 5.69 Å². The van der Waals surface area contributed by atoms with Crippen molar-refractivity contribution in [2.75, 3.05) is 11.9 Å². The van der Waals surface area contributed by atoms with Gasteiger partial charge in [-0.05, 0) is 31.0 Å². The number of carbonyl (C=O) groups excluding carboxylic acids is 1. The molecule has 1 aromatic rings. The van der Waals surface area contributed by atoms with E-state index in [9.17, 15) is 14.7 Å². The molecule has 0 bridgehead atoms. The molecule has 0 atom stereocenters. The van der Waals surface area contributed by atoms with Crippen LogP contribution in [0.2, 0.25) is 0 Å². The summed E-state index contributed by atoms with van der Waals surface area (Å²) in [4.78, 5) is 22.1. The molecule has 7 heteroatoms. The first kappa shape index (κ1) is 17.0. The summed E-state index contributed by atoms with van der Waals surface area (Å²) in [6, 6.07) is 6.69. The largest absolute Gasteiger partial charge is 0.506 e. The zero-order chi connectivity index (χ0) is 16.5. The van der Waals surface area contributed by atoms with E-state index in [0.717, 1.165) is 5.56 Å². The van der Waals surface area contributed by atoms with Crippen molar-refractivity contribution in [2.24, 2.45) is 0 Å². The number of aromatic hydroxyl groups is 1. The molecule has 0 fully saturated rings. The number of aryl methyl sites for hydroxylation is 1. The number of carboxylic acids is 1. The monoisotopic (exact) mass is 303 g/mol. The molecule has 0 aliphatic carbocycles. The number of rotatable bonds is 7. The van der Waals surface area contributed by atoms with Crippen molar-refractivity contribution in [1.29, 1.82) is 5.26 Å². The number of carbonyl (C=O) groups is 2. The lowest BCUT2D eigenvalue weighted by atomic mass is 10.2. The molecule has 0 saturated heterocycles. The van der Waals surface area contributed by atoms with E-state index >= 15 is 0 Å². The Labute approximate surface area is 127 Å². The quantitative estimate of drug-likeness (QED) is 0.262. The van der Waals surface area contributed by atoms with Gasteiger partial charge < -0.3 is 20.8 Å². The molecule has 1 amide bonds. The van der Waals surface area contributed by atoms with Gasteiger partial charge in [-0.2, -0.15) is 5.26 Å². The fourth-order valence-electron chi connectivity index (χ4n) is 1.60. The van der Waals surface area contributed by atoms with Crippen LogP contribution in [-0.4, -0.2) is 28.6 Å². The molecule has 0 heterocycles. The van der Waals surface area contributed by atoms with Crippen molar-refractivity contribution in [3.63, 3.8) is 0 Å². The van der Waals surface area contributed by atoms with Crippen molar-refractivity contribution in [1.82, 2.24) is 5.32 Å². The molecule has 0 unspecified atom stereocenters. The number of hydrogen-bond donors (Lipinski definition) is 4. The van der Waals surface area contributed by atoms with Crippen LogP contribution in [-0.2, 0) is 9.59 Å². The highest BCUT2D eigenvalue weighted by atomic mass is 16.4. The fourth-order valence-corrected chi connectivity index (χ4v) is 1.60. The van der Waals surface area contributed by atoms with Gasteiger partial charge in [0, 0.05) is 19.2 Å². The van der Waals surface area contributed by atoms with Crippen LogP contribution < -0.4 is 10.6 Å². The maximum atomic E-state index is 11.7. The van der Waals surface area contributed by atoms with Gasteiger partial charge in [-0.1, -0.05) is 6.07 Å². The Morgan fingerprint density at radius 3 is 2.73 bits per heavy atom. The molecule has 116 valence electrons. The molecule has 22 heavy (non-hydrogen) atoms. The molecule has 0 aromatic heterocycles. The van der Waals surface area contributed by atoms with Crippen LogP contribution in [0.5, 0.6) is 5.75 Å². The summed E-state index contributed by atoms with van der Waals surface area (Å²) in [5.41, 5.74) is 1.08. The summed E-state index contributed by atoms with van der Waals surface area (Å²) >= 11 is 0. The van der Waals surface area contributed by atoms with E-state index in [4.69, 9.17) is 10.4 Å². The van der Waals surface area contributed by atoms with E-state index in [1.54, 1.807) is 24.3 Å². The van der Waals surface area contributed by atoms with Gasteiger partial charge in [0.1, 0.15) is 17.4 Å². The average molecular weight is 303 g/mol. The molecule has 0 aliphatic heterocycles. The van der Waals surface area contributed by atoms with Crippen LogP contribution in [0, 0.1) is 18.3 Å². The van der Waals surface area contributed by atoms with Gasteiger partial charge in [0.05, 0.1) is 5.69 Å². The average Bonchev–Trinajstić information content (AvgIpc) is 2.46. The van der Waals surface area contributed by atoms with Crippen LogP contribution in [0.1, 0.15) is 18.4 Å². The third-order valence-corrected chi connectivity index (χ3v) is 2.74. The second kappa shape index (κ2) is 8.32. The molecular formula is C15H17N3O4. The molecule has 1 rings (SSSR count). The van der Waals surface area contributed by atoms with Gasteiger partial charge in [-0.25, -0.2) is 0 Å². The Bertz CT molecular complexity index is 632.